The lowest BCUT2D eigenvalue weighted by atomic mass is 9.85. The summed E-state index contributed by atoms with van der Waals surface area (Å²) >= 11 is 1.65. The van der Waals surface area contributed by atoms with Gasteiger partial charge in [-0.3, -0.25) is 9.36 Å². The van der Waals surface area contributed by atoms with Crippen LogP contribution in [-0.2, 0) is 20.9 Å². The number of aryl methyl sites for hydroxylation is 2. The second-order valence-corrected chi connectivity index (χ2v) is 12.1. The number of imidazole rings is 1. The molecule has 4 heterocycles. The largest absolute Gasteiger partial charge is 0.389 e. The van der Waals surface area contributed by atoms with Gasteiger partial charge in [0.25, 0.3) is 0 Å². The molecule has 0 N–H and O–H groups in total. The van der Waals surface area contributed by atoms with Gasteiger partial charge in [0, 0.05) is 36.0 Å². The van der Waals surface area contributed by atoms with Crippen LogP contribution in [0.15, 0.2) is 43.0 Å². The maximum Gasteiger partial charge on any atom is 0.337 e. The van der Waals surface area contributed by atoms with E-state index >= 15 is 0 Å². The summed E-state index contributed by atoms with van der Waals surface area (Å²) < 4.78 is 12.9. The number of carbonyl (C=O) groups is 2. The molecule has 10 heteroatoms. The molecule has 6 rings (SSSR count). The van der Waals surface area contributed by atoms with Gasteiger partial charge in [0.1, 0.15) is 6.54 Å². The maximum absolute atomic E-state index is 13.5. The average Bonchev–Trinajstić information content (AvgIpc) is 3.55. The highest BCUT2D eigenvalue weighted by molar-refractivity contribution is 7.15. The van der Waals surface area contributed by atoms with E-state index in [0.717, 1.165) is 80.9 Å². The summed E-state index contributed by atoms with van der Waals surface area (Å²) in [5.74, 6) is -0.459. The first-order valence-electron chi connectivity index (χ1n) is 14.6. The molecule has 1 aliphatic carbocycles. The second kappa shape index (κ2) is 12.1. The normalized spacial score (nSPS) is 16.1. The molecule has 1 saturated carbocycles. The highest BCUT2D eigenvalue weighted by atomic mass is 32.1. The lowest BCUT2D eigenvalue weighted by Crippen LogP contribution is -2.42. The summed E-state index contributed by atoms with van der Waals surface area (Å²) in [6, 6.07) is 10.4. The first kappa shape index (κ1) is 28.2. The van der Waals surface area contributed by atoms with E-state index in [4.69, 9.17) is 19.4 Å². The van der Waals surface area contributed by atoms with Gasteiger partial charge >= 0.3 is 12.0 Å². The number of hydrogen-bond donors (Lipinski definition) is 0. The van der Waals surface area contributed by atoms with Crippen molar-refractivity contribution in [2.24, 2.45) is 0 Å². The Morgan fingerprint density at radius 3 is 2.57 bits per heavy atom. The Kier molecular flexibility index (Phi) is 8.17. The van der Waals surface area contributed by atoms with Gasteiger partial charge in [-0.2, -0.15) is 4.98 Å². The number of pyridine rings is 1. The summed E-state index contributed by atoms with van der Waals surface area (Å²) in [5.41, 5.74) is 5.35. The Morgan fingerprint density at radius 1 is 1.07 bits per heavy atom. The van der Waals surface area contributed by atoms with Gasteiger partial charge in [0.05, 0.1) is 51.4 Å². The molecule has 0 atom stereocenters. The third-order valence-corrected chi connectivity index (χ3v) is 9.16. The lowest BCUT2D eigenvalue weighted by molar-refractivity contribution is -0.136. The van der Waals surface area contributed by atoms with Crippen molar-refractivity contribution in [3.8, 4) is 27.8 Å². The topological polar surface area (TPSA) is 99.4 Å². The number of thiazole rings is 1. The SMILES string of the molecule is C=CC(=O)Oc1nc(C2CCCCC2)c(-c2ccc3nc(-c4sc(C)nc4C)ccc3c2)n1CC(=O)N1CCOCC1. The van der Waals surface area contributed by atoms with Gasteiger partial charge in [-0.25, -0.2) is 14.8 Å². The average molecular weight is 586 g/mol. The van der Waals surface area contributed by atoms with Crippen molar-refractivity contribution >= 4 is 34.1 Å². The third-order valence-electron chi connectivity index (χ3n) is 8.07. The van der Waals surface area contributed by atoms with Gasteiger partial charge < -0.3 is 14.4 Å². The quantitative estimate of drug-likeness (QED) is 0.199. The van der Waals surface area contributed by atoms with E-state index in [2.05, 4.69) is 23.7 Å². The van der Waals surface area contributed by atoms with Crippen molar-refractivity contribution in [3.05, 3.63) is 59.4 Å². The molecule has 1 aromatic carbocycles. The molecule has 0 radical (unpaired) electrons. The zero-order valence-corrected chi connectivity index (χ0v) is 24.9. The third kappa shape index (κ3) is 5.73. The number of rotatable bonds is 7. The molecule has 42 heavy (non-hydrogen) atoms. The van der Waals surface area contributed by atoms with Crippen LogP contribution in [0.5, 0.6) is 6.01 Å². The van der Waals surface area contributed by atoms with E-state index in [9.17, 15) is 9.59 Å². The van der Waals surface area contributed by atoms with E-state index in [0.29, 0.717) is 26.3 Å². The minimum atomic E-state index is -0.606. The monoisotopic (exact) mass is 585 g/mol. The standard InChI is InChI=1S/C32H35N5O4S/c1-4-28(39)41-32-35-29(22-8-6-5-7-9-22)30(37(32)19-27(38)36-14-16-40-17-15-36)24-11-12-25-23(18-24)10-13-26(34-25)31-20(2)33-21(3)42-31/h4,10-13,18,22H,1,5-9,14-17,19H2,2-3H3. The Labute approximate surface area is 249 Å². The number of carbonyl (C=O) groups excluding carboxylic acids is 2. The van der Waals surface area contributed by atoms with Crippen molar-refractivity contribution in [2.75, 3.05) is 26.3 Å². The molecule has 3 aromatic heterocycles. The molecule has 0 spiro atoms. The first-order valence-corrected chi connectivity index (χ1v) is 15.4. The van der Waals surface area contributed by atoms with Crippen molar-refractivity contribution in [2.45, 2.75) is 58.4 Å². The van der Waals surface area contributed by atoms with Crippen LogP contribution < -0.4 is 4.74 Å². The van der Waals surface area contributed by atoms with Crippen LogP contribution in [0.4, 0.5) is 0 Å². The minimum absolute atomic E-state index is 0.00798. The molecular formula is C32H35N5O4S. The Balaban J connectivity index is 1.46. The van der Waals surface area contributed by atoms with Gasteiger partial charge in [-0.05, 0) is 44.9 Å². The first-order chi connectivity index (χ1) is 20.4. The summed E-state index contributed by atoms with van der Waals surface area (Å²) in [5, 5.41) is 1.99. The van der Waals surface area contributed by atoms with Crippen molar-refractivity contribution in [3.63, 3.8) is 0 Å². The van der Waals surface area contributed by atoms with Crippen LogP contribution in [0, 0.1) is 13.8 Å². The molecular weight excluding hydrogens is 550 g/mol. The van der Waals surface area contributed by atoms with Gasteiger partial charge in [-0.15, -0.1) is 11.3 Å². The molecule has 1 aliphatic heterocycles. The molecule has 2 aliphatic rings. The summed E-state index contributed by atoms with van der Waals surface area (Å²) in [6.45, 7) is 9.66. The number of aromatic nitrogens is 4. The van der Waals surface area contributed by atoms with E-state index in [1.54, 1.807) is 20.8 Å². The van der Waals surface area contributed by atoms with Crippen LogP contribution in [-0.4, -0.2) is 62.6 Å². The zero-order valence-electron chi connectivity index (χ0n) is 24.1. The summed E-state index contributed by atoms with van der Waals surface area (Å²) in [4.78, 5) is 43.2. The summed E-state index contributed by atoms with van der Waals surface area (Å²) in [7, 11) is 0. The van der Waals surface area contributed by atoms with Crippen LogP contribution in [0.1, 0.15) is 54.4 Å². The molecule has 9 nitrogen and oxygen atoms in total. The number of hydrogen-bond acceptors (Lipinski definition) is 8. The number of benzene rings is 1. The molecule has 2 fully saturated rings. The fraction of sp³-hybridized carbons (Fsp3) is 0.406. The van der Waals surface area contributed by atoms with Gasteiger partial charge in [0.15, 0.2) is 0 Å². The number of amides is 1. The van der Waals surface area contributed by atoms with Crippen LogP contribution in [0.2, 0.25) is 0 Å². The number of morpholine rings is 1. The van der Waals surface area contributed by atoms with Gasteiger partial charge in [-0.1, -0.05) is 38.0 Å². The molecule has 0 unspecified atom stereocenters. The predicted molar refractivity (Wildman–Crippen MR) is 163 cm³/mol. The van der Waals surface area contributed by atoms with E-state index in [-0.39, 0.29) is 24.4 Å². The van der Waals surface area contributed by atoms with Crippen LogP contribution >= 0.6 is 11.3 Å². The minimum Gasteiger partial charge on any atom is -0.389 e. The molecule has 4 aromatic rings. The number of fused-ring (bicyclic) bond motifs is 1. The molecule has 218 valence electrons. The summed E-state index contributed by atoms with van der Waals surface area (Å²) in [6.07, 6.45) is 6.56. The second-order valence-electron chi connectivity index (χ2n) is 10.9. The number of ether oxygens (including phenoxy) is 2. The number of esters is 1. The fourth-order valence-corrected chi connectivity index (χ4v) is 6.88. The van der Waals surface area contributed by atoms with Crippen LogP contribution in [0.3, 0.4) is 0 Å². The number of nitrogens with zero attached hydrogens (tertiary/aromatic N) is 5. The van der Waals surface area contributed by atoms with E-state index in [1.807, 2.05) is 32.0 Å². The maximum atomic E-state index is 13.5. The van der Waals surface area contributed by atoms with Crippen LogP contribution in [0.25, 0.3) is 32.7 Å². The van der Waals surface area contributed by atoms with Gasteiger partial charge in [0.2, 0.25) is 5.91 Å². The molecule has 0 bridgehead atoms. The molecule has 1 saturated heterocycles. The highest BCUT2D eigenvalue weighted by Gasteiger charge is 2.30. The Hall–Kier alpha value is -3.89. The Morgan fingerprint density at radius 2 is 1.86 bits per heavy atom. The predicted octanol–water partition coefficient (Wildman–Crippen LogP) is 5.84. The fourth-order valence-electron chi connectivity index (χ4n) is 5.99. The highest BCUT2D eigenvalue weighted by Crippen LogP contribution is 2.41. The van der Waals surface area contributed by atoms with Crippen molar-refractivity contribution in [1.29, 1.82) is 0 Å². The lowest BCUT2D eigenvalue weighted by Gasteiger charge is -2.27. The zero-order chi connectivity index (χ0) is 29.2. The smallest absolute Gasteiger partial charge is 0.337 e. The van der Waals surface area contributed by atoms with E-state index < -0.39 is 5.97 Å². The van der Waals surface area contributed by atoms with E-state index in [1.165, 1.54) is 6.42 Å². The van der Waals surface area contributed by atoms with Crippen molar-refractivity contribution in [1.82, 2.24) is 24.4 Å². The van der Waals surface area contributed by atoms with Crippen molar-refractivity contribution < 1.29 is 19.1 Å². The Bertz CT molecular complexity index is 1650. The molecule has 1 amide bonds.